The number of hydrogen-bond acceptors (Lipinski definition) is 3. The Labute approximate surface area is 83.0 Å². The summed E-state index contributed by atoms with van der Waals surface area (Å²) in [6, 6.07) is 1.79. The molecule has 0 aliphatic heterocycles. The summed E-state index contributed by atoms with van der Waals surface area (Å²) in [6.07, 6.45) is 1.51. The van der Waals surface area contributed by atoms with Crippen LogP contribution in [0.4, 0.5) is 0 Å². The van der Waals surface area contributed by atoms with Crippen LogP contribution in [0.1, 0.15) is 12.6 Å². The van der Waals surface area contributed by atoms with Crippen LogP contribution in [0.2, 0.25) is 0 Å². The van der Waals surface area contributed by atoms with Crippen LogP contribution in [0, 0.1) is 5.41 Å². The van der Waals surface area contributed by atoms with Gasteiger partial charge in [0.1, 0.15) is 19.4 Å². The van der Waals surface area contributed by atoms with E-state index in [-0.39, 0.29) is 5.84 Å². The predicted molar refractivity (Wildman–Crippen MR) is 57.0 cm³/mol. The van der Waals surface area contributed by atoms with E-state index < -0.39 is 0 Å². The molecule has 3 N–H and O–H groups in total. The molecule has 1 rings (SSSR count). The molecule has 0 saturated heterocycles. The highest BCUT2D eigenvalue weighted by atomic mass is 32.2. The Morgan fingerprint density at radius 3 is 3.00 bits per heavy atom. The molecule has 66 valence electrons. The van der Waals surface area contributed by atoms with E-state index in [1.165, 1.54) is 6.20 Å². The van der Waals surface area contributed by atoms with Crippen LogP contribution in [0.5, 0.6) is 0 Å². The maximum absolute atomic E-state index is 7.29. The summed E-state index contributed by atoms with van der Waals surface area (Å²) in [5, 5.41) is 7.29. The molecule has 0 aliphatic rings. The highest BCUT2D eigenvalue weighted by Crippen LogP contribution is 2.18. The van der Waals surface area contributed by atoms with E-state index >= 15 is 0 Å². The third-order valence-corrected chi connectivity index (χ3v) is 2.34. The number of nitrogens with zero attached hydrogens (tertiary/aromatic N) is 1. The van der Waals surface area contributed by atoms with Crippen LogP contribution in [0.15, 0.2) is 17.2 Å². The summed E-state index contributed by atoms with van der Waals surface area (Å²) in [5.41, 5.74) is 6.47. The van der Waals surface area contributed by atoms with Gasteiger partial charge in [0.05, 0.1) is 0 Å². The first-order valence-corrected chi connectivity index (χ1v) is 4.86. The van der Waals surface area contributed by atoms with Crippen molar-refractivity contribution in [2.45, 2.75) is 11.8 Å². The lowest BCUT2D eigenvalue weighted by Gasteiger charge is -2.06. The van der Waals surface area contributed by atoms with Crippen molar-refractivity contribution in [1.29, 1.82) is 5.41 Å². The molecule has 5 heteroatoms. The molecule has 1 aromatic rings. The summed E-state index contributed by atoms with van der Waals surface area (Å²) < 4.78 is 0. The zero-order valence-corrected chi connectivity index (χ0v) is 8.19. The van der Waals surface area contributed by atoms with Crippen molar-refractivity contribution in [2.24, 2.45) is 5.73 Å². The van der Waals surface area contributed by atoms with Crippen molar-refractivity contribution in [3.05, 3.63) is 18.0 Å². The van der Waals surface area contributed by atoms with Crippen LogP contribution < -0.4 is 11.2 Å². The summed E-state index contributed by atoms with van der Waals surface area (Å²) >= 11 is 1.58. The Balaban J connectivity index is 3.10. The minimum Gasteiger partial charge on any atom is -0.382 e. The highest BCUT2D eigenvalue weighted by Gasteiger charge is 2.06. The molecule has 0 spiro atoms. The van der Waals surface area contributed by atoms with Gasteiger partial charge in [-0.05, 0) is 5.75 Å². The first-order chi connectivity index (χ1) is 6.15. The number of hydrogen-bond donors (Lipinski definition) is 2. The maximum Gasteiger partial charge on any atom is 0.142 e. The predicted octanol–water partition coefficient (Wildman–Crippen LogP) is 0.271. The molecule has 0 amide bonds. The van der Waals surface area contributed by atoms with E-state index in [2.05, 4.69) is 4.98 Å². The molecule has 3 nitrogen and oxygen atoms in total. The van der Waals surface area contributed by atoms with Gasteiger partial charge in [-0.1, -0.05) is 18.5 Å². The Kier molecular flexibility index (Phi) is 3.36. The average Bonchev–Trinajstić information content (AvgIpc) is 2.04. The number of rotatable bonds is 3. The molecule has 2 radical (unpaired) electrons. The summed E-state index contributed by atoms with van der Waals surface area (Å²) in [6.45, 7) is 2.03. The quantitative estimate of drug-likeness (QED) is 0.312. The third-order valence-electron chi connectivity index (χ3n) is 1.43. The molecule has 1 heterocycles. The van der Waals surface area contributed by atoms with Gasteiger partial charge in [0.25, 0.3) is 0 Å². The minimum atomic E-state index is -0.0176. The molecule has 0 saturated carbocycles. The monoisotopic (exact) mass is 191 g/mol. The summed E-state index contributed by atoms with van der Waals surface area (Å²) in [7, 11) is 5.57. The largest absolute Gasteiger partial charge is 0.382 e. The summed E-state index contributed by atoms with van der Waals surface area (Å²) in [4.78, 5) is 4.87. The lowest BCUT2D eigenvalue weighted by Crippen LogP contribution is -2.17. The molecule has 0 fully saturated rings. The second-order valence-corrected chi connectivity index (χ2v) is 3.77. The number of aromatic nitrogens is 1. The van der Waals surface area contributed by atoms with Crippen molar-refractivity contribution >= 4 is 30.9 Å². The van der Waals surface area contributed by atoms with E-state index in [0.29, 0.717) is 11.2 Å². The lowest BCUT2D eigenvalue weighted by atomic mass is 9.99. The lowest BCUT2D eigenvalue weighted by molar-refractivity contribution is 1.19. The van der Waals surface area contributed by atoms with E-state index in [9.17, 15) is 0 Å². The Morgan fingerprint density at radius 1 is 1.77 bits per heavy atom. The SMILES string of the molecule is [B]c1cnc(C(=N)N)c(SCC)c1. The Bertz CT molecular complexity index is 327. The van der Waals surface area contributed by atoms with E-state index in [4.69, 9.17) is 19.0 Å². The van der Waals surface area contributed by atoms with E-state index in [0.717, 1.165) is 10.6 Å². The molecular weight excluding hydrogens is 181 g/mol. The topological polar surface area (TPSA) is 62.8 Å². The van der Waals surface area contributed by atoms with Gasteiger partial charge in [-0.25, -0.2) is 0 Å². The second kappa shape index (κ2) is 4.32. The van der Waals surface area contributed by atoms with Gasteiger partial charge in [0.15, 0.2) is 0 Å². The highest BCUT2D eigenvalue weighted by molar-refractivity contribution is 7.99. The van der Waals surface area contributed by atoms with Gasteiger partial charge in [-0.2, -0.15) is 0 Å². The number of pyridine rings is 1. The molecule has 13 heavy (non-hydrogen) atoms. The van der Waals surface area contributed by atoms with E-state index in [1.807, 2.05) is 6.92 Å². The number of nitrogens with one attached hydrogen (secondary N) is 1. The van der Waals surface area contributed by atoms with Crippen LogP contribution >= 0.6 is 11.8 Å². The van der Waals surface area contributed by atoms with Gasteiger partial charge in [-0.15, -0.1) is 11.8 Å². The van der Waals surface area contributed by atoms with Crippen LogP contribution in [-0.2, 0) is 0 Å². The fraction of sp³-hybridized carbons (Fsp3) is 0.250. The Hall–Kier alpha value is -0.965. The molecule has 0 unspecified atom stereocenters. The van der Waals surface area contributed by atoms with Crippen molar-refractivity contribution < 1.29 is 0 Å². The van der Waals surface area contributed by atoms with Crippen molar-refractivity contribution in [2.75, 3.05) is 5.75 Å². The molecule has 1 aromatic heterocycles. The van der Waals surface area contributed by atoms with Gasteiger partial charge in [0.2, 0.25) is 0 Å². The second-order valence-electron chi connectivity index (χ2n) is 2.46. The molecule has 0 bridgehead atoms. The van der Waals surface area contributed by atoms with Crippen molar-refractivity contribution in [3.8, 4) is 0 Å². The van der Waals surface area contributed by atoms with Crippen molar-refractivity contribution in [1.82, 2.24) is 4.98 Å². The van der Waals surface area contributed by atoms with Crippen LogP contribution in [0.25, 0.3) is 0 Å². The fourth-order valence-electron chi connectivity index (χ4n) is 0.928. The molecule has 0 atom stereocenters. The normalized spacial score (nSPS) is 9.92. The number of amidine groups is 1. The zero-order valence-electron chi connectivity index (χ0n) is 7.37. The first-order valence-electron chi connectivity index (χ1n) is 3.88. The van der Waals surface area contributed by atoms with Gasteiger partial charge in [0, 0.05) is 11.1 Å². The van der Waals surface area contributed by atoms with Crippen LogP contribution in [-0.4, -0.2) is 24.4 Å². The maximum atomic E-state index is 7.29. The van der Waals surface area contributed by atoms with Gasteiger partial charge >= 0.3 is 0 Å². The fourth-order valence-corrected chi connectivity index (χ4v) is 1.76. The van der Waals surface area contributed by atoms with Gasteiger partial charge < -0.3 is 5.73 Å². The zero-order chi connectivity index (χ0) is 9.84. The standard InChI is InChI=1S/C8H10BN3S/c1-2-13-6-3-5(9)4-12-7(6)8(10)11/h3-4H,2H2,1H3,(H3,10,11). The molecule has 0 aromatic carbocycles. The summed E-state index contributed by atoms with van der Waals surface area (Å²) in [5.74, 6) is 0.891. The average molecular weight is 191 g/mol. The molecule has 0 aliphatic carbocycles. The number of nitrogen functional groups attached to an aromatic ring is 1. The van der Waals surface area contributed by atoms with E-state index in [1.54, 1.807) is 17.8 Å². The van der Waals surface area contributed by atoms with Crippen LogP contribution in [0.3, 0.4) is 0 Å². The number of nitrogens with two attached hydrogens (primary N) is 1. The van der Waals surface area contributed by atoms with Gasteiger partial charge in [-0.3, -0.25) is 10.4 Å². The molecular formula is C8H10BN3S. The smallest absolute Gasteiger partial charge is 0.142 e. The Morgan fingerprint density at radius 2 is 2.46 bits per heavy atom. The minimum absolute atomic E-state index is 0.0176. The number of thioether (sulfide) groups is 1. The first kappa shape index (κ1) is 10.1. The van der Waals surface area contributed by atoms with Crippen molar-refractivity contribution in [3.63, 3.8) is 0 Å². The third kappa shape index (κ3) is 2.49.